The summed E-state index contributed by atoms with van der Waals surface area (Å²) in [6.07, 6.45) is -4.55. The average Bonchev–Trinajstić information content (AvgIpc) is 2.77. The third-order valence-electron chi connectivity index (χ3n) is 2.13. The van der Waals surface area contributed by atoms with Gasteiger partial charge < -0.3 is 9.52 Å². The van der Waals surface area contributed by atoms with Crippen molar-refractivity contribution in [3.63, 3.8) is 0 Å². The van der Waals surface area contributed by atoms with Crippen molar-refractivity contribution in [1.82, 2.24) is 10.2 Å². The molecule has 0 aliphatic rings. The van der Waals surface area contributed by atoms with Gasteiger partial charge in [-0.1, -0.05) is 15.9 Å². The van der Waals surface area contributed by atoms with Gasteiger partial charge in [-0.3, -0.25) is 0 Å². The Hall–Kier alpha value is -1.90. The van der Waals surface area contributed by atoms with Gasteiger partial charge in [-0.05, 0) is 18.2 Å². The van der Waals surface area contributed by atoms with Crippen LogP contribution in [0.15, 0.2) is 27.1 Å². The van der Waals surface area contributed by atoms with Crippen LogP contribution in [0, 0.1) is 0 Å². The zero-order chi connectivity index (χ0) is 14.2. The van der Waals surface area contributed by atoms with Crippen LogP contribution >= 0.6 is 15.9 Å². The van der Waals surface area contributed by atoms with Crippen LogP contribution in [-0.2, 0) is 6.18 Å². The number of aromatic carboxylic acids is 1. The van der Waals surface area contributed by atoms with Crippen molar-refractivity contribution in [3.05, 3.63) is 34.1 Å². The summed E-state index contributed by atoms with van der Waals surface area (Å²) in [5, 5.41) is 15.2. The van der Waals surface area contributed by atoms with Crippen LogP contribution in [-0.4, -0.2) is 21.3 Å². The molecule has 2 rings (SSSR count). The molecule has 19 heavy (non-hydrogen) atoms. The quantitative estimate of drug-likeness (QED) is 0.911. The molecule has 1 heterocycles. The molecule has 0 radical (unpaired) electrons. The largest absolute Gasteiger partial charge is 0.474 e. The van der Waals surface area contributed by atoms with E-state index in [2.05, 4.69) is 26.1 Å². The molecule has 0 spiro atoms. The molecular formula is C10H4BrF3N2O3. The van der Waals surface area contributed by atoms with Crippen LogP contribution in [0.4, 0.5) is 13.2 Å². The summed E-state index contributed by atoms with van der Waals surface area (Å²) in [5.41, 5.74) is -0.935. The minimum atomic E-state index is -4.55. The van der Waals surface area contributed by atoms with E-state index >= 15 is 0 Å². The van der Waals surface area contributed by atoms with Crippen molar-refractivity contribution in [2.45, 2.75) is 6.18 Å². The zero-order valence-electron chi connectivity index (χ0n) is 8.90. The third kappa shape index (κ3) is 2.75. The molecule has 0 amide bonds. The summed E-state index contributed by atoms with van der Waals surface area (Å²) in [4.78, 5) is 10.5. The van der Waals surface area contributed by atoms with E-state index < -0.39 is 23.6 Å². The number of aromatic nitrogens is 2. The highest BCUT2D eigenvalue weighted by Crippen LogP contribution is 2.37. The maximum Gasteiger partial charge on any atom is 0.417 e. The Labute approximate surface area is 112 Å². The molecule has 0 fully saturated rings. The molecule has 0 bridgehead atoms. The number of hydrogen-bond donors (Lipinski definition) is 1. The summed E-state index contributed by atoms with van der Waals surface area (Å²) in [7, 11) is 0. The van der Waals surface area contributed by atoms with Crippen molar-refractivity contribution < 1.29 is 27.5 Å². The third-order valence-corrected chi connectivity index (χ3v) is 2.82. The van der Waals surface area contributed by atoms with E-state index in [1.165, 1.54) is 12.1 Å². The number of rotatable bonds is 2. The fourth-order valence-corrected chi connectivity index (χ4v) is 1.77. The lowest BCUT2D eigenvalue weighted by molar-refractivity contribution is -0.138. The summed E-state index contributed by atoms with van der Waals surface area (Å²) in [5.74, 6) is -2.44. The Morgan fingerprint density at radius 2 is 2.00 bits per heavy atom. The lowest BCUT2D eigenvalue weighted by Gasteiger charge is -2.09. The first-order chi connectivity index (χ1) is 8.79. The van der Waals surface area contributed by atoms with Crippen LogP contribution < -0.4 is 0 Å². The number of carbonyl (C=O) groups is 1. The first-order valence-electron chi connectivity index (χ1n) is 4.73. The van der Waals surface area contributed by atoms with E-state index in [4.69, 9.17) is 9.52 Å². The lowest BCUT2D eigenvalue weighted by Crippen LogP contribution is -2.06. The molecule has 0 saturated heterocycles. The number of hydrogen-bond acceptors (Lipinski definition) is 4. The molecule has 0 aliphatic carbocycles. The van der Waals surface area contributed by atoms with Gasteiger partial charge in [0.1, 0.15) is 0 Å². The van der Waals surface area contributed by atoms with Crippen molar-refractivity contribution in [3.8, 4) is 11.5 Å². The van der Waals surface area contributed by atoms with E-state index in [-0.39, 0.29) is 15.9 Å². The standard InChI is InChI=1S/C10H4BrF3N2O3/c11-6-2-1-4(3-5(6)10(12,13)14)7-15-16-8(19-7)9(17)18/h1-3H,(H,17,18). The SMILES string of the molecule is O=C(O)c1nnc(-c2ccc(Br)c(C(F)(F)F)c2)o1. The molecule has 1 N–H and O–H groups in total. The van der Waals surface area contributed by atoms with Crippen LogP contribution in [0.3, 0.4) is 0 Å². The molecule has 9 heteroatoms. The molecule has 1 aromatic carbocycles. The minimum Gasteiger partial charge on any atom is -0.474 e. The second kappa shape index (κ2) is 4.65. The van der Waals surface area contributed by atoms with Crippen molar-refractivity contribution in [2.75, 3.05) is 0 Å². The van der Waals surface area contributed by atoms with Gasteiger partial charge >= 0.3 is 18.0 Å². The minimum absolute atomic E-state index is 0.0180. The van der Waals surface area contributed by atoms with E-state index in [0.29, 0.717) is 0 Å². The highest BCUT2D eigenvalue weighted by molar-refractivity contribution is 9.10. The fourth-order valence-electron chi connectivity index (χ4n) is 1.30. The van der Waals surface area contributed by atoms with Gasteiger partial charge in [0, 0.05) is 10.0 Å². The van der Waals surface area contributed by atoms with Gasteiger partial charge in [-0.25, -0.2) is 4.79 Å². The van der Waals surface area contributed by atoms with Crippen molar-refractivity contribution in [1.29, 1.82) is 0 Å². The molecule has 0 saturated carbocycles. The lowest BCUT2D eigenvalue weighted by atomic mass is 10.1. The Bertz CT molecular complexity index is 639. The Morgan fingerprint density at radius 1 is 1.32 bits per heavy atom. The van der Waals surface area contributed by atoms with Gasteiger partial charge in [-0.2, -0.15) is 13.2 Å². The van der Waals surface area contributed by atoms with Gasteiger partial charge in [0.05, 0.1) is 5.56 Å². The van der Waals surface area contributed by atoms with Gasteiger partial charge in [0.15, 0.2) is 0 Å². The van der Waals surface area contributed by atoms with Crippen molar-refractivity contribution >= 4 is 21.9 Å². The summed E-state index contributed by atoms with van der Waals surface area (Å²) in [6.45, 7) is 0. The molecule has 100 valence electrons. The molecule has 5 nitrogen and oxygen atoms in total. The van der Waals surface area contributed by atoms with E-state index in [1.807, 2.05) is 0 Å². The van der Waals surface area contributed by atoms with Gasteiger partial charge in [-0.15, -0.1) is 10.2 Å². The van der Waals surface area contributed by atoms with Gasteiger partial charge in [0.25, 0.3) is 0 Å². The first kappa shape index (κ1) is 13.5. The van der Waals surface area contributed by atoms with Crippen LogP contribution in [0.5, 0.6) is 0 Å². The Balaban J connectivity index is 2.48. The second-order valence-corrected chi connectivity index (χ2v) is 4.26. The van der Waals surface area contributed by atoms with E-state index in [9.17, 15) is 18.0 Å². The number of alkyl halides is 3. The molecule has 1 aromatic heterocycles. The summed E-state index contributed by atoms with van der Waals surface area (Å²) >= 11 is 2.79. The Kier molecular flexibility index (Phi) is 3.31. The topological polar surface area (TPSA) is 76.2 Å². The van der Waals surface area contributed by atoms with E-state index in [0.717, 1.165) is 6.07 Å². The highest BCUT2D eigenvalue weighted by atomic mass is 79.9. The molecule has 0 unspecified atom stereocenters. The molecule has 2 aromatic rings. The summed E-state index contributed by atoms with van der Waals surface area (Å²) in [6, 6.07) is 3.27. The van der Waals surface area contributed by atoms with Gasteiger partial charge in [0.2, 0.25) is 5.89 Å². The number of benzene rings is 1. The van der Waals surface area contributed by atoms with Crippen LogP contribution in [0.1, 0.15) is 16.2 Å². The average molecular weight is 337 g/mol. The molecular weight excluding hydrogens is 333 g/mol. The smallest absolute Gasteiger partial charge is 0.417 e. The predicted octanol–water partition coefficient (Wildman–Crippen LogP) is 3.22. The summed E-state index contributed by atoms with van der Waals surface area (Å²) < 4.78 is 42.7. The number of carboxylic acid groups (broad SMARTS) is 1. The zero-order valence-corrected chi connectivity index (χ0v) is 10.5. The molecule has 0 aliphatic heterocycles. The van der Waals surface area contributed by atoms with Crippen LogP contribution in [0.2, 0.25) is 0 Å². The fraction of sp³-hybridized carbons (Fsp3) is 0.100. The van der Waals surface area contributed by atoms with E-state index in [1.54, 1.807) is 0 Å². The number of nitrogens with zero attached hydrogens (tertiary/aromatic N) is 2. The highest BCUT2D eigenvalue weighted by Gasteiger charge is 2.33. The second-order valence-electron chi connectivity index (χ2n) is 3.41. The van der Waals surface area contributed by atoms with Crippen LogP contribution in [0.25, 0.3) is 11.5 Å². The number of halogens is 4. The predicted molar refractivity (Wildman–Crippen MR) is 59.4 cm³/mol. The monoisotopic (exact) mass is 336 g/mol. The maximum absolute atomic E-state index is 12.7. The molecule has 0 atom stereocenters. The van der Waals surface area contributed by atoms with Crippen molar-refractivity contribution in [2.24, 2.45) is 0 Å². The normalized spacial score (nSPS) is 11.6. The Morgan fingerprint density at radius 3 is 2.53 bits per heavy atom. The first-order valence-corrected chi connectivity index (χ1v) is 5.52. The maximum atomic E-state index is 12.7. The number of carboxylic acids is 1.